The molecule has 3 atom stereocenters. The standard InChI is InChI=1S/C40H48F2N2O4Si/c1-40(2,3)49(4,5)48-36(29-12-14-30(41)15-13-29)23-22-35-38(44(39(35)45)32-18-16-31(42)17-19-32)34-21-20-33(46-25-9-24-43)26-37(34)47-27-28-10-7-6-8-11-28/h6-8,10-21,26,35-36,38H,9,22-25,27,43H2,1-5H3. The number of anilines is 1. The first-order valence-corrected chi connectivity index (χ1v) is 19.9. The summed E-state index contributed by atoms with van der Waals surface area (Å²) in [4.78, 5) is 15.8. The zero-order valence-electron chi connectivity index (χ0n) is 29.1. The number of halogens is 2. The third kappa shape index (κ3) is 8.76. The molecule has 3 unspecified atom stereocenters. The average Bonchev–Trinajstić information content (AvgIpc) is 3.07. The summed E-state index contributed by atoms with van der Waals surface area (Å²) in [7, 11) is -2.24. The minimum atomic E-state index is -2.24. The van der Waals surface area contributed by atoms with Crippen LogP contribution in [0.2, 0.25) is 18.1 Å². The summed E-state index contributed by atoms with van der Waals surface area (Å²) in [6, 6.07) is 27.7. The zero-order chi connectivity index (χ0) is 35.2. The fourth-order valence-electron chi connectivity index (χ4n) is 5.89. The van der Waals surface area contributed by atoms with Crippen LogP contribution >= 0.6 is 0 Å². The van der Waals surface area contributed by atoms with Crippen LogP contribution in [0.3, 0.4) is 0 Å². The van der Waals surface area contributed by atoms with Crippen LogP contribution in [-0.4, -0.2) is 27.4 Å². The molecule has 5 rings (SSSR count). The van der Waals surface area contributed by atoms with E-state index in [1.807, 2.05) is 48.5 Å². The molecule has 1 fully saturated rings. The Morgan fingerprint density at radius 3 is 2.16 bits per heavy atom. The van der Waals surface area contributed by atoms with Gasteiger partial charge < -0.3 is 24.5 Å². The first kappa shape index (κ1) is 36.2. The van der Waals surface area contributed by atoms with E-state index >= 15 is 0 Å². The normalized spacial score (nSPS) is 17.1. The Morgan fingerprint density at radius 1 is 0.878 bits per heavy atom. The van der Waals surface area contributed by atoms with Gasteiger partial charge in [-0.15, -0.1) is 0 Å². The molecule has 0 saturated carbocycles. The quantitative estimate of drug-likeness (QED) is 0.0766. The van der Waals surface area contributed by atoms with E-state index in [4.69, 9.17) is 19.6 Å². The molecule has 0 aromatic heterocycles. The molecule has 1 aliphatic heterocycles. The van der Waals surface area contributed by atoms with Crippen molar-refractivity contribution < 1.29 is 27.5 Å². The van der Waals surface area contributed by atoms with Gasteiger partial charge in [-0.05, 0) is 104 Å². The Labute approximate surface area is 290 Å². The molecule has 4 aromatic rings. The minimum Gasteiger partial charge on any atom is -0.493 e. The van der Waals surface area contributed by atoms with Crippen molar-refractivity contribution in [1.29, 1.82) is 0 Å². The summed E-state index contributed by atoms with van der Waals surface area (Å²) in [6.07, 6.45) is 1.47. The highest BCUT2D eigenvalue weighted by Crippen LogP contribution is 2.50. The number of hydrogen-bond acceptors (Lipinski definition) is 5. The Balaban J connectivity index is 1.50. The zero-order valence-corrected chi connectivity index (χ0v) is 30.1. The molecule has 49 heavy (non-hydrogen) atoms. The largest absolute Gasteiger partial charge is 0.493 e. The highest BCUT2D eigenvalue weighted by Gasteiger charge is 2.50. The van der Waals surface area contributed by atoms with E-state index in [-0.39, 0.29) is 34.7 Å². The molecule has 1 amide bonds. The van der Waals surface area contributed by atoms with Crippen molar-refractivity contribution in [1.82, 2.24) is 0 Å². The van der Waals surface area contributed by atoms with Crippen LogP contribution in [-0.2, 0) is 15.8 Å². The average molecular weight is 687 g/mol. The Bertz CT molecular complexity index is 1680. The molecular formula is C40H48F2N2O4Si. The molecular weight excluding hydrogens is 639 g/mol. The van der Waals surface area contributed by atoms with Crippen LogP contribution in [0, 0.1) is 17.6 Å². The summed E-state index contributed by atoms with van der Waals surface area (Å²) in [6.45, 7) is 12.3. The van der Waals surface area contributed by atoms with E-state index < -0.39 is 14.2 Å². The van der Waals surface area contributed by atoms with Gasteiger partial charge in [0.25, 0.3) is 0 Å². The van der Waals surface area contributed by atoms with Gasteiger partial charge in [0.15, 0.2) is 8.32 Å². The topological polar surface area (TPSA) is 74.0 Å². The number of nitrogens with two attached hydrogens (primary N) is 1. The van der Waals surface area contributed by atoms with Gasteiger partial charge in [0.05, 0.1) is 24.7 Å². The molecule has 0 aliphatic carbocycles. The molecule has 1 heterocycles. The maximum atomic E-state index is 14.1. The first-order valence-electron chi connectivity index (χ1n) is 17.0. The smallest absolute Gasteiger partial charge is 0.233 e. The van der Waals surface area contributed by atoms with Gasteiger partial charge in [-0.1, -0.05) is 63.2 Å². The molecule has 0 radical (unpaired) electrons. The Morgan fingerprint density at radius 2 is 1.53 bits per heavy atom. The molecule has 260 valence electrons. The third-order valence-electron chi connectivity index (χ3n) is 9.70. The van der Waals surface area contributed by atoms with Gasteiger partial charge in [0.2, 0.25) is 5.91 Å². The van der Waals surface area contributed by atoms with Crippen molar-refractivity contribution >= 4 is 19.9 Å². The van der Waals surface area contributed by atoms with Crippen molar-refractivity contribution in [2.45, 2.75) is 76.9 Å². The highest BCUT2D eigenvalue weighted by atomic mass is 28.4. The lowest BCUT2D eigenvalue weighted by Gasteiger charge is -2.48. The summed E-state index contributed by atoms with van der Waals surface area (Å²) in [5.41, 5.74) is 9.02. The van der Waals surface area contributed by atoms with E-state index in [2.05, 4.69) is 33.9 Å². The number of hydrogen-bond donors (Lipinski definition) is 1. The number of benzene rings is 4. The van der Waals surface area contributed by atoms with E-state index in [1.54, 1.807) is 29.2 Å². The number of amides is 1. The fourth-order valence-corrected chi connectivity index (χ4v) is 7.21. The van der Waals surface area contributed by atoms with Gasteiger partial charge >= 0.3 is 0 Å². The summed E-state index contributed by atoms with van der Waals surface area (Å²) >= 11 is 0. The van der Waals surface area contributed by atoms with Crippen molar-refractivity contribution in [3.63, 3.8) is 0 Å². The van der Waals surface area contributed by atoms with Gasteiger partial charge in [-0.2, -0.15) is 0 Å². The third-order valence-corrected chi connectivity index (χ3v) is 14.2. The second-order valence-corrected chi connectivity index (χ2v) is 19.0. The lowest BCUT2D eigenvalue weighted by molar-refractivity contribution is -0.131. The number of carbonyl (C=O) groups is 1. The highest BCUT2D eigenvalue weighted by molar-refractivity contribution is 6.74. The van der Waals surface area contributed by atoms with Crippen LogP contribution in [0.25, 0.3) is 0 Å². The summed E-state index contributed by atoms with van der Waals surface area (Å²) < 4.78 is 47.3. The van der Waals surface area contributed by atoms with Gasteiger partial charge in [-0.3, -0.25) is 4.79 Å². The number of rotatable bonds is 15. The van der Waals surface area contributed by atoms with Crippen molar-refractivity contribution in [3.05, 3.63) is 125 Å². The fraction of sp³-hybridized carbons (Fsp3) is 0.375. The lowest BCUT2D eigenvalue weighted by atomic mass is 9.78. The number of β-lactam (4-membered cyclic amide) rings is 1. The first-order chi connectivity index (χ1) is 23.4. The molecule has 9 heteroatoms. The summed E-state index contributed by atoms with van der Waals surface area (Å²) in [5.74, 6) is 0.113. The van der Waals surface area contributed by atoms with E-state index in [0.717, 1.165) is 16.7 Å². The molecule has 1 saturated heterocycles. The minimum absolute atomic E-state index is 0.0432. The van der Waals surface area contributed by atoms with Crippen LogP contribution in [0.4, 0.5) is 14.5 Å². The molecule has 0 spiro atoms. The van der Waals surface area contributed by atoms with Gasteiger partial charge in [0.1, 0.15) is 29.7 Å². The Hall–Kier alpha value is -4.05. The van der Waals surface area contributed by atoms with Crippen LogP contribution < -0.4 is 20.1 Å². The van der Waals surface area contributed by atoms with Crippen molar-refractivity contribution in [2.75, 3.05) is 18.1 Å². The molecule has 1 aliphatic rings. The second kappa shape index (κ2) is 15.7. The van der Waals surface area contributed by atoms with E-state index in [0.29, 0.717) is 56.2 Å². The molecule has 2 N–H and O–H groups in total. The van der Waals surface area contributed by atoms with Gasteiger partial charge in [0, 0.05) is 17.3 Å². The van der Waals surface area contributed by atoms with E-state index in [1.165, 1.54) is 24.3 Å². The molecule has 4 aromatic carbocycles. The lowest BCUT2D eigenvalue weighted by Crippen LogP contribution is -2.55. The second-order valence-electron chi connectivity index (χ2n) is 14.2. The van der Waals surface area contributed by atoms with E-state index in [9.17, 15) is 13.6 Å². The number of nitrogens with zero attached hydrogens (tertiary/aromatic N) is 1. The molecule has 0 bridgehead atoms. The van der Waals surface area contributed by atoms with Gasteiger partial charge in [-0.25, -0.2) is 8.78 Å². The number of carbonyl (C=O) groups excluding carboxylic acids is 1. The van der Waals surface area contributed by atoms with Crippen LogP contribution in [0.15, 0.2) is 97.1 Å². The monoisotopic (exact) mass is 686 g/mol. The predicted octanol–water partition coefficient (Wildman–Crippen LogP) is 9.52. The SMILES string of the molecule is CC(C)(C)[Si](C)(C)OC(CCC1C(=O)N(c2ccc(F)cc2)C1c1ccc(OCCCN)cc1OCc1ccccc1)c1ccc(F)cc1. The molecule has 6 nitrogen and oxygen atoms in total. The van der Waals surface area contributed by atoms with Crippen molar-refractivity contribution in [3.8, 4) is 11.5 Å². The number of ether oxygens (including phenoxy) is 2. The Kier molecular flexibility index (Phi) is 11.6. The summed E-state index contributed by atoms with van der Waals surface area (Å²) in [5, 5.41) is -0.0432. The van der Waals surface area contributed by atoms with Crippen LogP contribution in [0.1, 0.15) is 68.9 Å². The predicted molar refractivity (Wildman–Crippen MR) is 193 cm³/mol. The van der Waals surface area contributed by atoms with Crippen LogP contribution in [0.5, 0.6) is 11.5 Å². The maximum Gasteiger partial charge on any atom is 0.233 e. The van der Waals surface area contributed by atoms with Crippen molar-refractivity contribution in [2.24, 2.45) is 11.7 Å². The maximum absolute atomic E-state index is 14.1.